The van der Waals surface area contributed by atoms with Crippen molar-refractivity contribution in [1.82, 2.24) is 4.90 Å². The molecule has 0 rings (SSSR count). The van der Waals surface area contributed by atoms with Crippen molar-refractivity contribution in [2.45, 2.75) is 26.3 Å². The average Bonchev–Trinajstić information content (AvgIpc) is 1.86. The van der Waals surface area contributed by atoms with Crippen LogP contribution in [0.25, 0.3) is 0 Å². The number of carbonyl (C=O) groups excluding carboxylic acids is 1. The van der Waals surface area contributed by atoms with Crippen LogP contribution in [0.5, 0.6) is 0 Å². The Balaban J connectivity index is 4.23. The third-order valence-electron chi connectivity index (χ3n) is 2.09. The van der Waals surface area contributed by atoms with E-state index >= 15 is 0 Å². The number of hydrogen-bond donors (Lipinski definition) is 0. The summed E-state index contributed by atoms with van der Waals surface area (Å²) in [6.07, 6.45) is 0.826. The Labute approximate surface area is 65.2 Å². The van der Waals surface area contributed by atoms with Crippen LogP contribution in [0.4, 0.5) is 0 Å². The summed E-state index contributed by atoms with van der Waals surface area (Å²) >= 11 is 0. The summed E-state index contributed by atoms with van der Waals surface area (Å²) in [7, 11) is 4.54. The molecule has 0 spiro atoms. The molecule has 1 unspecified atom stereocenters. The van der Waals surface area contributed by atoms with Crippen molar-refractivity contribution in [1.29, 1.82) is 0 Å². The maximum absolute atomic E-state index is 11.0. The largest absolute Gasteiger partial charge is 0.298 e. The molecule has 0 fully saturated rings. The van der Waals surface area contributed by atoms with E-state index in [4.69, 9.17) is 0 Å². The average molecular weight is 161 g/mol. The summed E-state index contributed by atoms with van der Waals surface area (Å²) in [5, 5.41) is 0. The molecule has 1 atom stereocenters. The lowest BCUT2D eigenvalue weighted by Gasteiger charge is -2.31. The minimum Gasteiger partial charge on any atom is -0.298 e. The maximum Gasteiger partial charge on any atom is 0.149 e. The van der Waals surface area contributed by atoms with Gasteiger partial charge in [-0.1, -0.05) is 0 Å². The first-order valence-electron chi connectivity index (χ1n) is 3.35. The number of Topliss-reactive ketones (excluding diaryl/α,β-unsaturated/α-hetero) is 1. The van der Waals surface area contributed by atoms with Crippen molar-refractivity contribution in [3.63, 3.8) is 0 Å². The van der Waals surface area contributed by atoms with Gasteiger partial charge in [0.05, 0.1) is 5.54 Å². The van der Waals surface area contributed by atoms with E-state index in [1.54, 1.807) is 6.92 Å². The van der Waals surface area contributed by atoms with Gasteiger partial charge in [-0.05, 0) is 27.8 Å². The lowest BCUT2D eigenvalue weighted by Crippen LogP contribution is -2.45. The summed E-state index contributed by atoms with van der Waals surface area (Å²) in [6.45, 7) is 5.48. The highest BCUT2D eigenvalue weighted by atomic mass is 31.0. The number of likely N-dealkylation sites (N-methyl/N-ethyl adjacent to an activating group) is 1. The van der Waals surface area contributed by atoms with Gasteiger partial charge in [0.2, 0.25) is 0 Å². The minimum absolute atomic E-state index is 0.206. The minimum atomic E-state index is -0.318. The second kappa shape index (κ2) is 3.45. The molecule has 0 aromatic carbocycles. The van der Waals surface area contributed by atoms with Crippen molar-refractivity contribution in [3.05, 3.63) is 0 Å². The molecule has 0 aromatic rings. The molecular formula is C7H16NOP. The van der Waals surface area contributed by atoms with Crippen LogP contribution in [0.2, 0.25) is 0 Å². The molecule has 60 valence electrons. The normalized spacial score (nSPS) is 12.2. The zero-order valence-corrected chi connectivity index (χ0v) is 8.29. The van der Waals surface area contributed by atoms with Gasteiger partial charge in [0.25, 0.3) is 0 Å². The molecule has 3 heteroatoms. The van der Waals surface area contributed by atoms with E-state index in [9.17, 15) is 4.79 Å². The van der Waals surface area contributed by atoms with Gasteiger partial charge >= 0.3 is 0 Å². The highest BCUT2D eigenvalue weighted by Crippen LogP contribution is 2.13. The first-order valence-corrected chi connectivity index (χ1v) is 4.17. The Morgan fingerprint density at radius 3 is 2.10 bits per heavy atom. The monoisotopic (exact) mass is 161 g/mol. The molecule has 0 N–H and O–H groups in total. The lowest BCUT2D eigenvalue weighted by molar-refractivity contribution is -0.125. The Morgan fingerprint density at radius 1 is 1.60 bits per heavy atom. The highest BCUT2D eigenvalue weighted by molar-refractivity contribution is 7.16. The van der Waals surface area contributed by atoms with Crippen LogP contribution in [-0.2, 0) is 4.79 Å². The fourth-order valence-corrected chi connectivity index (χ4v) is 0.953. The van der Waals surface area contributed by atoms with Gasteiger partial charge in [-0.3, -0.25) is 9.69 Å². The van der Waals surface area contributed by atoms with E-state index in [-0.39, 0.29) is 11.3 Å². The van der Waals surface area contributed by atoms with Crippen molar-refractivity contribution < 1.29 is 4.79 Å². The SMILES string of the molecule is CC(=O)C(C)(C)N(C)CP. The Morgan fingerprint density at radius 2 is 2.00 bits per heavy atom. The molecule has 0 saturated heterocycles. The Bertz CT molecular complexity index is 134. The van der Waals surface area contributed by atoms with E-state index in [2.05, 4.69) is 9.24 Å². The number of carbonyl (C=O) groups is 1. The van der Waals surface area contributed by atoms with Crippen LogP contribution >= 0.6 is 9.24 Å². The fourth-order valence-electron chi connectivity index (χ4n) is 0.497. The van der Waals surface area contributed by atoms with E-state index < -0.39 is 0 Å². The molecule has 10 heavy (non-hydrogen) atoms. The standard InChI is InChI=1S/C7H16NOP/c1-6(9)7(2,3)8(4)5-10/h5,10H2,1-4H3. The third-order valence-corrected chi connectivity index (χ3v) is 2.64. The van der Waals surface area contributed by atoms with E-state index in [0.717, 1.165) is 6.29 Å². The quantitative estimate of drug-likeness (QED) is 0.578. The summed E-state index contributed by atoms with van der Waals surface area (Å²) < 4.78 is 0. The van der Waals surface area contributed by atoms with Gasteiger partial charge in [-0.15, -0.1) is 9.24 Å². The predicted octanol–water partition coefficient (Wildman–Crippen LogP) is 1.12. The zero-order chi connectivity index (χ0) is 8.36. The number of ketones is 1. The summed E-state index contributed by atoms with van der Waals surface area (Å²) in [5.41, 5.74) is -0.318. The van der Waals surface area contributed by atoms with Crippen molar-refractivity contribution >= 4 is 15.0 Å². The molecule has 0 bridgehead atoms. The van der Waals surface area contributed by atoms with Crippen molar-refractivity contribution in [2.24, 2.45) is 0 Å². The van der Waals surface area contributed by atoms with Crippen LogP contribution in [0.1, 0.15) is 20.8 Å². The van der Waals surface area contributed by atoms with Crippen molar-refractivity contribution in [2.75, 3.05) is 13.3 Å². The lowest BCUT2D eigenvalue weighted by atomic mass is 9.99. The Hall–Kier alpha value is 0.0600. The van der Waals surface area contributed by atoms with Gasteiger partial charge < -0.3 is 0 Å². The number of rotatable bonds is 3. The van der Waals surface area contributed by atoms with E-state index in [1.165, 1.54) is 0 Å². The van der Waals surface area contributed by atoms with Crippen LogP contribution in [0, 0.1) is 0 Å². The molecule has 0 saturated carbocycles. The predicted molar refractivity (Wildman–Crippen MR) is 47.1 cm³/mol. The maximum atomic E-state index is 11.0. The van der Waals surface area contributed by atoms with Gasteiger partial charge in [0.15, 0.2) is 0 Å². The topological polar surface area (TPSA) is 20.3 Å². The molecule has 0 heterocycles. The molecule has 0 aliphatic heterocycles. The second-order valence-corrected chi connectivity index (χ2v) is 3.36. The number of nitrogens with zero attached hydrogens (tertiary/aromatic N) is 1. The highest BCUT2D eigenvalue weighted by Gasteiger charge is 2.26. The van der Waals surface area contributed by atoms with Crippen LogP contribution < -0.4 is 0 Å². The first-order chi connectivity index (χ1) is 4.42. The van der Waals surface area contributed by atoms with E-state index in [0.29, 0.717) is 0 Å². The third kappa shape index (κ3) is 2.03. The molecule has 0 amide bonds. The van der Waals surface area contributed by atoms with Crippen LogP contribution in [0.15, 0.2) is 0 Å². The molecule has 0 aliphatic carbocycles. The number of hydrogen-bond acceptors (Lipinski definition) is 2. The zero-order valence-electron chi connectivity index (χ0n) is 7.14. The van der Waals surface area contributed by atoms with E-state index in [1.807, 2.05) is 25.8 Å². The van der Waals surface area contributed by atoms with Gasteiger partial charge in [0, 0.05) is 6.29 Å². The summed E-state index contributed by atoms with van der Waals surface area (Å²) in [4.78, 5) is 13.0. The van der Waals surface area contributed by atoms with Gasteiger partial charge in [-0.2, -0.15) is 0 Å². The molecule has 0 radical (unpaired) electrons. The molecule has 0 aromatic heterocycles. The first kappa shape index (κ1) is 10.1. The molecule has 0 aliphatic rings. The summed E-state index contributed by atoms with van der Waals surface area (Å²) in [5.74, 6) is 0.206. The smallest absolute Gasteiger partial charge is 0.149 e. The molecule has 2 nitrogen and oxygen atoms in total. The van der Waals surface area contributed by atoms with Gasteiger partial charge in [-0.25, -0.2) is 0 Å². The summed E-state index contributed by atoms with van der Waals surface area (Å²) in [6, 6.07) is 0. The van der Waals surface area contributed by atoms with Crippen LogP contribution in [0.3, 0.4) is 0 Å². The Kier molecular flexibility index (Phi) is 3.47. The van der Waals surface area contributed by atoms with Crippen molar-refractivity contribution in [3.8, 4) is 0 Å². The fraction of sp³-hybridized carbons (Fsp3) is 0.857. The van der Waals surface area contributed by atoms with Gasteiger partial charge in [0.1, 0.15) is 5.78 Å². The molecular weight excluding hydrogens is 145 g/mol. The second-order valence-electron chi connectivity index (χ2n) is 3.00. The van der Waals surface area contributed by atoms with Crippen LogP contribution in [-0.4, -0.2) is 29.6 Å².